The molecule has 0 aliphatic heterocycles. The molecule has 0 aliphatic carbocycles. The van der Waals surface area contributed by atoms with E-state index in [1.807, 2.05) is 48.5 Å². The van der Waals surface area contributed by atoms with Crippen molar-refractivity contribution in [3.8, 4) is 0 Å². The van der Waals surface area contributed by atoms with Crippen molar-refractivity contribution < 1.29 is 13.2 Å². The summed E-state index contributed by atoms with van der Waals surface area (Å²) in [6.45, 7) is 0. The molecule has 138 valence electrons. The number of aromatic nitrogens is 1. The molecule has 0 fully saturated rings. The van der Waals surface area contributed by atoms with E-state index in [4.69, 9.17) is 0 Å². The number of sulfone groups is 1. The van der Waals surface area contributed by atoms with E-state index in [0.29, 0.717) is 11.1 Å². The minimum Gasteiger partial charge on any atom is -0.340 e. The summed E-state index contributed by atoms with van der Waals surface area (Å²) in [4.78, 5) is 17.1. The van der Waals surface area contributed by atoms with Gasteiger partial charge in [-0.1, -0.05) is 48.5 Å². The van der Waals surface area contributed by atoms with Crippen molar-refractivity contribution in [1.82, 2.24) is 10.3 Å². The Morgan fingerprint density at radius 3 is 2.22 bits per heavy atom. The van der Waals surface area contributed by atoms with Crippen LogP contribution in [0, 0.1) is 0 Å². The van der Waals surface area contributed by atoms with Gasteiger partial charge in [0.25, 0.3) is 5.91 Å². The summed E-state index contributed by atoms with van der Waals surface area (Å²) < 4.78 is 22.8. The van der Waals surface area contributed by atoms with Crippen LogP contribution in [0.25, 0.3) is 0 Å². The lowest BCUT2D eigenvalue weighted by Crippen LogP contribution is -2.29. The van der Waals surface area contributed by atoms with E-state index in [2.05, 4.69) is 10.3 Å². The second-order valence-electron chi connectivity index (χ2n) is 6.34. The van der Waals surface area contributed by atoms with Gasteiger partial charge in [0.2, 0.25) is 0 Å². The molecule has 2 aromatic carbocycles. The Kier molecular flexibility index (Phi) is 5.66. The second kappa shape index (κ2) is 8.14. The molecule has 1 aromatic heterocycles. The molecule has 3 aromatic rings. The predicted molar refractivity (Wildman–Crippen MR) is 105 cm³/mol. The molecule has 6 heteroatoms. The van der Waals surface area contributed by atoms with Gasteiger partial charge in [0.15, 0.2) is 9.84 Å². The summed E-state index contributed by atoms with van der Waals surface area (Å²) in [5.74, 6) is -0.296. The minimum absolute atomic E-state index is 0.0462. The molecule has 0 saturated carbocycles. The maximum absolute atomic E-state index is 12.7. The number of carbonyl (C=O) groups excluding carboxylic acids is 1. The normalized spacial score (nSPS) is 12.3. The van der Waals surface area contributed by atoms with Crippen molar-refractivity contribution in [2.45, 2.75) is 11.8 Å². The van der Waals surface area contributed by atoms with Crippen molar-refractivity contribution in [2.75, 3.05) is 6.26 Å². The Hall–Kier alpha value is -2.99. The first-order chi connectivity index (χ1) is 12.9. The lowest BCUT2D eigenvalue weighted by atomic mass is 10.0. The van der Waals surface area contributed by atoms with E-state index in [0.717, 1.165) is 11.3 Å². The van der Waals surface area contributed by atoms with Crippen LogP contribution in [0.4, 0.5) is 0 Å². The molecule has 0 radical (unpaired) electrons. The van der Waals surface area contributed by atoms with E-state index in [-0.39, 0.29) is 17.7 Å². The van der Waals surface area contributed by atoms with E-state index in [9.17, 15) is 13.2 Å². The number of benzene rings is 2. The van der Waals surface area contributed by atoms with Gasteiger partial charge < -0.3 is 5.32 Å². The van der Waals surface area contributed by atoms with Crippen molar-refractivity contribution in [3.63, 3.8) is 0 Å². The highest BCUT2D eigenvalue weighted by Crippen LogP contribution is 2.20. The smallest absolute Gasteiger partial charge is 0.252 e. The molecule has 3 rings (SSSR count). The van der Waals surface area contributed by atoms with Crippen molar-refractivity contribution >= 4 is 15.7 Å². The number of nitrogens with one attached hydrogen (secondary N) is 1. The number of hydrogen-bond acceptors (Lipinski definition) is 4. The highest BCUT2D eigenvalue weighted by atomic mass is 32.2. The summed E-state index contributed by atoms with van der Waals surface area (Å²) >= 11 is 0. The molecule has 5 nitrogen and oxygen atoms in total. The van der Waals surface area contributed by atoms with E-state index in [1.54, 1.807) is 30.5 Å². The van der Waals surface area contributed by atoms with Crippen LogP contribution in [0.1, 0.15) is 33.2 Å². The largest absolute Gasteiger partial charge is 0.340 e. The van der Waals surface area contributed by atoms with Gasteiger partial charge in [-0.2, -0.15) is 0 Å². The van der Waals surface area contributed by atoms with Crippen LogP contribution in [0.3, 0.4) is 0 Å². The van der Waals surface area contributed by atoms with Crippen LogP contribution >= 0.6 is 0 Å². The molecule has 0 aliphatic rings. The molecule has 0 bridgehead atoms. The Balaban J connectivity index is 1.83. The summed E-state index contributed by atoms with van der Waals surface area (Å²) in [6, 6.07) is 21.4. The van der Waals surface area contributed by atoms with Gasteiger partial charge >= 0.3 is 0 Å². The maximum Gasteiger partial charge on any atom is 0.252 e. The molecular weight excluding hydrogens is 360 g/mol. The molecule has 1 heterocycles. The summed E-state index contributed by atoms with van der Waals surface area (Å²) in [5.41, 5.74) is 2.78. The van der Waals surface area contributed by atoms with Gasteiger partial charge in [0.05, 0.1) is 17.5 Å². The molecule has 1 amide bonds. The van der Waals surface area contributed by atoms with E-state index >= 15 is 0 Å². The second-order valence-corrected chi connectivity index (χ2v) is 8.48. The lowest BCUT2D eigenvalue weighted by molar-refractivity contribution is 0.0942. The Morgan fingerprint density at radius 2 is 1.63 bits per heavy atom. The average Bonchev–Trinajstić information content (AvgIpc) is 2.66. The number of amides is 1. The van der Waals surface area contributed by atoms with Gasteiger partial charge in [0.1, 0.15) is 0 Å². The fraction of sp³-hybridized carbons (Fsp3) is 0.143. The molecule has 1 N–H and O–H groups in total. The third-order valence-electron chi connectivity index (χ3n) is 4.04. The highest BCUT2D eigenvalue weighted by Gasteiger charge is 2.18. The molecule has 1 unspecified atom stereocenters. The predicted octanol–water partition coefficient (Wildman–Crippen LogP) is 3.15. The Bertz CT molecular complexity index is 963. The van der Waals surface area contributed by atoms with Gasteiger partial charge in [-0.05, 0) is 35.4 Å². The molecular formula is C21H20N2O3S. The van der Waals surface area contributed by atoms with Crippen LogP contribution in [0.5, 0.6) is 0 Å². The first-order valence-corrected chi connectivity index (χ1v) is 10.5. The Morgan fingerprint density at radius 1 is 0.963 bits per heavy atom. The minimum atomic E-state index is -3.11. The average molecular weight is 380 g/mol. The topological polar surface area (TPSA) is 76.1 Å². The highest BCUT2D eigenvalue weighted by molar-refractivity contribution is 7.89. The zero-order chi connectivity index (χ0) is 19.3. The Labute approximate surface area is 159 Å². The fourth-order valence-electron chi connectivity index (χ4n) is 2.79. The van der Waals surface area contributed by atoms with Crippen LogP contribution in [0.15, 0.2) is 79.0 Å². The van der Waals surface area contributed by atoms with E-state index in [1.165, 1.54) is 6.26 Å². The molecule has 0 saturated heterocycles. The van der Waals surface area contributed by atoms with Gasteiger partial charge in [-0.15, -0.1) is 0 Å². The van der Waals surface area contributed by atoms with Gasteiger partial charge in [0, 0.05) is 18.0 Å². The molecule has 27 heavy (non-hydrogen) atoms. The van der Waals surface area contributed by atoms with Crippen LogP contribution in [-0.4, -0.2) is 25.6 Å². The van der Waals surface area contributed by atoms with Crippen molar-refractivity contribution in [3.05, 3.63) is 101 Å². The fourth-order valence-corrected chi connectivity index (χ4v) is 3.59. The first-order valence-electron chi connectivity index (χ1n) is 8.46. The zero-order valence-corrected chi connectivity index (χ0v) is 15.7. The zero-order valence-electron chi connectivity index (χ0n) is 14.9. The summed E-state index contributed by atoms with van der Waals surface area (Å²) in [5, 5.41) is 3.01. The third-order valence-corrected chi connectivity index (χ3v) is 4.89. The number of hydrogen-bond donors (Lipinski definition) is 1. The quantitative estimate of drug-likeness (QED) is 0.713. The van der Waals surface area contributed by atoms with Gasteiger partial charge in [-0.25, -0.2) is 8.42 Å². The maximum atomic E-state index is 12.7. The van der Waals surface area contributed by atoms with Crippen molar-refractivity contribution in [2.24, 2.45) is 0 Å². The van der Waals surface area contributed by atoms with Gasteiger partial charge in [-0.3, -0.25) is 9.78 Å². The molecule has 0 spiro atoms. The van der Waals surface area contributed by atoms with E-state index < -0.39 is 9.84 Å². The van der Waals surface area contributed by atoms with Crippen LogP contribution in [-0.2, 0) is 15.6 Å². The summed E-state index contributed by atoms with van der Waals surface area (Å²) in [7, 11) is -3.11. The number of carbonyl (C=O) groups is 1. The number of pyridine rings is 1. The summed E-state index contributed by atoms with van der Waals surface area (Å²) in [6.07, 6.45) is 2.88. The lowest BCUT2D eigenvalue weighted by Gasteiger charge is -2.19. The first kappa shape index (κ1) is 18.8. The third kappa shape index (κ3) is 5.24. The van der Waals surface area contributed by atoms with Crippen LogP contribution < -0.4 is 5.32 Å². The number of rotatable bonds is 6. The van der Waals surface area contributed by atoms with Crippen molar-refractivity contribution in [1.29, 1.82) is 0 Å². The SMILES string of the molecule is CS(=O)(=O)Cc1ccc(C(=O)NC(c2ccccc2)c2ccccn2)cc1. The van der Waals surface area contributed by atoms with Crippen LogP contribution in [0.2, 0.25) is 0 Å². The monoisotopic (exact) mass is 380 g/mol. The standard InChI is InChI=1S/C21H20N2O3S/c1-27(25,26)15-16-10-12-18(13-11-16)21(24)23-20(17-7-3-2-4-8-17)19-9-5-6-14-22-19/h2-14,20H,15H2,1H3,(H,23,24). The number of nitrogens with zero attached hydrogens (tertiary/aromatic N) is 1. The molecule has 1 atom stereocenters.